The molecule has 1 aliphatic heterocycles. The molecule has 0 spiro atoms. The van der Waals surface area contributed by atoms with Crippen molar-refractivity contribution in [2.45, 2.75) is 38.5 Å². The molecule has 0 bridgehead atoms. The van der Waals surface area contributed by atoms with E-state index in [1.54, 1.807) is 5.71 Å². The lowest BCUT2D eigenvalue weighted by Crippen LogP contribution is -2.76. The molecule has 1 aliphatic carbocycles. The first-order valence-electron chi connectivity index (χ1n) is 4.56. The molecule has 0 saturated heterocycles. The van der Waals surface area contributed by atoms with Crippen molar-refractivity contribution in [2.24, 2.45) is 5.92 Å². The minimum Gasteiger partial charge on any atom is -0.249 e. The normalized spacial score (nSPS) is 32.8. The number of rotatable bonds is 0. The molecule has 0 aromatic carbocycles. The fourth-order valence-electron chi connectivity index (χ4n) is 2.23. The Hall–Kier alpha value is -0.330. The zero-order chi connectivity index (χ0) is 6.81. The van der Waals surface area contributed by atoms with E-state index in [4.69, 9.17) is 0 Å². The molecule has 0 radical (unpaired) electrons. The molecule has 10 heavy (non-hydrogen) atoms. The van der Waals surface area contributed by atoms with Crippen LogP contribution >= 0.6 is 0 Å². The van der Waals surface area contributed by atoms with Crippen molar-refractivity contribution in [2.75, 3.05) is 6.54 Å². The van der Waals surface area contributed by atoms with Crippen molar-refractivity contribution in [1.82, 2.24) is 0 Å². The average molecular weight is 138 g/mol. The van der Waals surface area contributed by atoms with E-state index in [1.807, 2.05) is 0 Å². The van der Waals surface area contributed by atoms with E-state index in [0.717, 1.165) is 5.92 Å². The van der Waals surface area contributed by atoms with Gasteiger partial charge in [-0.15, -0.1) is 0 Å². The lowest BCUT2D eigenvalue weighted by molar-refractivity contribution is -0.468. The van der Waals surface area contributed by atoms with Crippen LogP contribution in [0.25, 0.3) is 0 Å². The van der Waals surface area contributed by atoms with Crippen molar-refractivity contribution in [1.29, 1.82) is 0 Å². The van der Waals surface area contributed by atoms with E-state index >= 15 is 0 Å². The quantitative estimate of drug-likeness (QED) is 0.501. The molecule has 0 aromatic heterocycles. The maximum atomic E-state index is 3.54. The summed E-state index contributed by atoms with van der Waals surface area (Å²) in [5.41, 5.74) is 1.68. The molecular weight excluding hydrogens is 122 g/mol. The molecule has 2 aliphatic rings. The van der Waals surface area contributed by atoms with Crippen LogP contribution in [0.5, 0.6) is 0 Å². The van der Waals surface area contributed by atoms with E-state index in [-0.39, 0.29) is 0 Å². The third kappa shape index (κ3) is 1.09. The predicted molar refractivity (Wildman–Crippen MR) is 42.0 cm³/mol. The highest BCUT2D eigenvalue weighted by Crippen LogP contribution is 2.24. The van der Waals surface area contributed by atoms with Crippen molar-refractivity contribution in [3.63, 3.8) is 0 Å². The summed E-state index contributed by atoms with van der Waals surface area (Å²) in [5, 5.41) is 0. The van der Waals surface area contributed by atoms with Gasteiger partial charge in [0.1, 0.15) is 6.54 Å². The zero-order valence-electron chi connectivity index (χ0n) is 6.53. The van der Waals surface area contributed by atoms with Crippen molar-refractivity contribution in [3.05, 3.63) is 0 Å². The third-order valence-corrected chi connectivity index (χ3v) is 2.82. The summed E-state index contributed by atoms with van der Waals surface area (Å²) in [6.07, 6.45) is 8.58. The molecule has 1 unspecified atom stereocenters. The molecule has 56 valence electrons. The molecule has 1 heteroatoms. The van der Waals surface area contributed by atoms with Gasteiger partial charge >= 0.3 is 0 Å². The lowest BCUT2D eigenvalue weighted by atomic mass is 9.83. The van der Waals surface area contributed by atoms with E-state index in [2.05, 4.69) is 4.99 Å². The molecule has 1 fully saturated rings. The van der Waals surface area contributed by atoms with E-state index in [9.17, 15) is 0 Å². The molecule has 1 N–H and O–H groups in total. The smallest absolute Gasteiger partial charge is 0.153 e. The van der Waals surface area contributed by atoms with Gasteiger partial charge in [0.2, 0.25) is 0 Å². The molecule has 1 saturated carbocycles. The Balaban J connectivity index is 2.08. The van der Waals surface area contributed by atoms with Crippen LogP contribution in [0.1, 0.15) is 38.5 Å². The van der Waals surface area contributed by atoms with Gasteiger partial charge in [0.05, 0.1) is 0 Å². The van der Waals surface area contributed by atoms with Crippen LogP contribution < -0.4 is 4.99 Å². The average Bonchev–Trinajstić information content (AvgIpc) is 2.05. The Labute approximate surface area is 62.5 Å². The monoisotopic (exact) mass is 138 g/mol. The van der Waals surface area contributed by atoms with Crippen LogP contribution in [0.3, 0.4) is 0 Å². The Morgan fingerprint density at radius 3 is 2.90 bits per heavy atom. The SMILES string of the molecule is C1CCC2CCC[NH+]=C2C1. The van der Waals surface area contributed by atoms with Crippen molar-refractivity contribution >= 4 is 5.71 Å². The summed E-state index contributed by atoms with van der Waals surface area (Å²) in [5.74, 6) is 0.961. The summed E-state index contributed by atoms with van der Waals surface area (Å²) >= 11 is 0. The number of hydrogen-bond donors (Lipinski definition) is 1. The fourth-order valence-corrected chi connectivity index (χ4v) is 2.23. The summed E-state index contributed by atoms with van der Waals surface area (Å²) < 4.78 is 0. The first-order chi connectivity index (χ1) is 4.97. The van der Waals surface area contributed by atoms with Gasteiger partial charge in [0, 0.05) is 18.8 Å². The summed E-state index contributed by atoms with van der Waals surface area (Å²) in [6, 6.07) is 0. The van der Waals surface area contributed by atoms with Gasteiger partial charge in [-0.2, -0.15) is 0 Å². The van der Waals surface area contributed by atoms with Gasteiger partial charge in [-0.25, -0.2) is 4.99 Å². The Bertz CT molecular complexity index is 149. The van der Waals surface area contributed by atoms with E-state index in [1.165, 1.54) is 45.1 Å². The van der Waals surface area contributed by atoms with Gasteiger partial charge in [-0.3, -0.25) is 0 Å². The van der Waals surface area contributed by atoms with Crippen LogP contribution in [0, 0.1) is 5.92 Å². The van der Waals surface area contributed by atoms with Crippen molar-refractivity contribution < 1.29 is 4.99 Å². The lowest BCUT2D eigenvalue weighted by Gasteiger charge is -2.22. The van der Waals surface area contributed by atoms with Crippen LogP contribution in [0.15, 0.2) is 0 Å². The molecule has 2 rings (SSSR count). The number of hydrogen-bond acceptors (Lipinski definition) is 0. The van der Waals surface area contributed by atoms with Gasteiger partial charge in [0.25, 0.3) is 0 Å². The zero-order valence-corrected chi connectivity index (χ0v) is 6.53. The Morgan fingerprint density at radius 1 is 1.10 bits per heavy atom. The van der Waals surface area contributed by atoms with Crippen LogP contribution in [0.2, 0.25) is 0 Å². The summed E-state index contributed by atoms with van der Waals surface area (Å²) in [7, 11) is 0. The second kappa shape index (κ2) is 2.73. The highest BCUT2D eigenvalue weighted by atomic mass is 14.8. The molecule has 0 aromatic rings. The second-order valence-electron chi connectivity index (χ2n) is 3.54. The first kappa shape index (κ1) is 6.38. The van der Waals surface area contributed by atoms with Crippen LogP contribution in [-0.4, -0.2) is 12.3 Å². The predicted octanol–water partition coefficient (Wildman–Crippen LogP) is 0.492. The van der Waals surface area contributed by atoms with E-state index < -0.39 is 0 Å². The first-order valence-corrected chi connectivity index (χ1v) is 4.56. The van der Waals surface area contributed by atoms with Crippen molar-refractivity contribution in [3.8, 4) is 0 Å². The second-order valence-corrected chi connectivity index (χ2v) is 3.54. The fraction of sp³-hybridized carbons (Fsp3) is 0.889. The standard InChI is InChI=1S/C9H15N/c1-2-6-9-8(4-1)5-3-7-10-9/h8H,1-7H2/p+1. The van der Waals surface area contributed by atoms with E-state index in [0.29, 0.717) is 0 Å². The minimum atomic E-state index is 0.961. The number of fused-ring (bicyclic) bond motifs is 1. The maximum absolute atomic E-state index is 3.54. The highest BCUT2D eigenvalue weighted by Gasteiger charge is 2.26. The number of nitrogens with one attached hydrogen (secondary N) is 1. The van der Waals surface area contributed by atoms with Crippen LogP contribution in [0.4, 0.5) is 0 Å². The molecule has 1 nitrogen and oxygen atoms in total. The molecule has 1 heterocycles. The third-order valence-electron chi connectivity index (χ3n) is 2.82. The Kier molecular flexibility index (Phi) is 1.74. The maximum Gasteiger partial charge on any atom is 0.153 e. The Morgan fingerprint density at radius 2 is 2.00 bits per heavy atom. The molecule has 1 atom stereocenters. The van der Waals surface area contributed by atoms with Gasteiger partial charge in [0.15, 0.2) is 5.71 Å². The molecular formula is C9H16N+. The van der Waals surface area contributed by atoms with Gasteiger partial charge in [-0.1, -0.05) is 6.42 Å². The molecule has 0 amide bonds. The largest absolute Gasteiger partial charge is 0.249 e. The summed E-state index contributed by atoms with van der Waals surface area (Å²) in [4.78, 5) is 3.54. The van der Waals surface area contributed by atoms with Gasteiger partial charge < -0.3 is 0 Å². The topological polar surface area (TPSA) is 14.0 Å². The minimum absolute atomic E-state index is 0.961. The summed E-state index contributed by atoms with van der Waals surface area (Å²) in [6.45, 7) is 1.24. The van der Waals surface area contributed by atoms with Crippen LogP contribution in [-0.2, 0) is 0 Å². The highest BCUT2D eigenvalue weighted by molar-refractivity contribution is 5.82. The van der Waals surface area contributed by atoms with Gasteiger partial charge in [-0.05, 0) is 19.3 Å².